The zero-order valence-corrected chi connectivity index (χ0v) is 11.2. The summed E-state index contributed by atoms with van der Waals surface area (Å²) in [5, 5.41) is 24.4. The molecule has 5 nitrogen and oxygen atoms in total. The molecule has 0 heterocycles. The van der Waals surface area contributed by atoms with Crippen LogP contribution in [0.1, 0.15) is 37.7 Å². The first-order valence-corrected chi connectivity index (χ1v) is 6.72. The molecular weight excluding hydrogens is 244 g/mol. The molecule has 2 rings (SSSR count). The highest BCUT2D eigenvalue weighted by Gasteiger charge is 2.29. The quantitative estimate of drug-likeness (QED) is 0.647. The largest absolute Gasteiger partial charge is 0.388 e. The van der Waals surface area contributed by atoms with Crippen LogP contribution in [0.3, 0.4) is 0 Å². The van der Waals surface area contributed by atoms with Gasteiger partial charge in [-0.2, -0.15) is 0 Å². The zero-order valence-electron chi connectivity index (χ0n) is 11.2. The monoisotopic (exact) mass is 264 g/mol. The number of hydrogen-bond acceptors (Lipinski definition) is 4. The number of nitrogens with one attached hydrogen (secondary N) is 1. The van der Waals surface area contributed by atoms with E-state index in [0.717, 1.165) is 31.4 Å². The maximum absolute atomic E-state index is 10.9. The maximum Gasteiger partial charge on any atom is 0.274 e. The average molecular weight is 264 g/mol. The van der Waals surface area contributed by atoms with Gasteiger partial charge in [-0.05, 0) is 25.8 Å². The molecule has 104 valence electrons. The number of anilines is 1. The van der Waals surface area contributed by atoms with E-state index in [1.54, 1.807) is 13.0 Å². The minimum Gasteiger partial charge on any atom is -0.388 e. The van der Waals surface area contributed by atoms with E-state index >= 15 is 0 Å². The van der Waals surface area contributed by atoms with Gasteiger partial charge in [0.2, 0.25) is 0 Å². The first-order valence-electron chi connectivity index (χ1n) is 6.72. The maximum atomic E-state index is 10.9. The predicted molar refractivity (Wildman–Crippen MR) is 74.4 cm³/mol. The van der Waals surface area contributed by atoms with E-state index < -0.39 is 5.60 Å². The average Bonchev–Trinajstić information content (AvgIpc) is 2.38. The minimum absolute atomic E-state index is 0.112. The topological polar surface area (TPSA) is 75.4 Å². The lowest BCUT2D eigenvalue weighted by Gasteiger charge is -2.32. The molecule has 1 aliphatic rings. The van der Waals surface area contributed by atoms with Crippen molar-refractivity contribution in [2.24, 2.45) is 0 Å². The molecule has 1 aliphatic carbocycles. The molecule has 19 heavy (non-hydrogen) atoms. The van der Waals surface area contributed by atoms with Gasteiger partial charge in [-0.15, -0.1) is 0 Å². The Kier molecular flexibility index (Phi) is 4.04. The van der Waals surface area contributed by atoms with Gasteiger partial charge in [-0.25, -0.2) is 0 Å². The third kappa shape index (κ3) is 3.23. The molecule has 1 saturated carbocycles. The molecule has 1 aromatic rings. The Morgan fingerprint density at radius 2 is 2.05 bits per heavy atom. The number of nitro groups is 1. The van der Waals surface area contributed by atoms with Crippen molar-refractivity contribution in [3.63, 3.8) is 0 Å². The standard InChI is InChI=1S/C14H20N2O3/c1-11-12(6-5-7-13(11)16(18)19)15-10-14(17)8-3-2-4-9-14/h5-7,15,17H,2-4,8-10H2,1H3. The van der Waals surface area contributed by atoms with Crippen LogP contribution in [0.15, 0.2) is 18.2 Å². The molecule has 5 heteroatoms. The van der Waals surface area contributed by atoms with Gasteiger partial charge in [0, 0.05) is 23.9 Å². The van der Waals surface area contributed by atoms with Crippen molar-refractivity contribution in [1.82, 2.24) is 0 Å². The summed E-state index contributed by atoms with van der Waals surface area (Å²) in [4.78, 5) is 10.5. The van der Waals surface area contributed by atoms with E-state index in [0.29, 0.717) is 12.1 Å². The summed E-state index contributed by atoms with van der Waals surface area (Å²) >= 11 is 0. The highest BCUT2D eigenvalue weighted by Crippen LogP contribution is 2.30. The first kappa shape index (κ1) is 13.8. The van der Waals surface area contributed by atoms with E-state index in [-0.39, 0.29) is 10.6 Å². The van der Waals surface area contributed by atoms with Crippen LogP contribution >= 0.6 is 0 Å². The summed E-state index contributed by atoms with van der Waals surface area (Å²) in [5.41, 5.74) is 0.788. The van der Waals surface area contributed by atoms with Gasteiger partial charge in [-0.1, -0.05) is 25.3 Å². The van der Waals surface area contributed by atoms with Gasteiger partial charge >= 0.3 is 0 Å². The van der Waals surface area contributed by atoms with Gasteiger partial charge in [0.1, 0.15) is 0 Å². The van der Waals surface area contributed by atoms with Crippen LogP contribution in [0.4, 0.5) is 11.4 Å². The van der Waals surface area contributed by atoms with Crippen molar-refractivity contribution in [3.05, 3.63) is 33.9 Å². The predicted octanol–water partition coefficient (Wildman–Crippen LogP) is 3.01. The van der Waals surface area contributed by atoms with E-state index in [1.807, 2.05) is 6.07 Å². The fourth-order valence-electron chi connectivity index (χ4n) is 2.66. The van der Waals surface area contributed by atoms with E-state index in [9.17, 15) is 15.2 Å². The zero-order chi connectivity index (χ0) is 13.9. The third-order valence-electron chi connectivity index (χ3n) is 3.89. The second-order valence-corrected chi connectivity index (χ2v) is 5.35. The van der Waals surface area contributed by atoms with Gasteiger partial charge < -0.3 is 10.4 Å². The summed E-state index contributed by atoms with van der Waals surface area (Å²) in [6.07, 6.45) is 4.87. The van der Waals surface area contributed by atoms with Crippen LogP contribution in [0.5, 0.6) is 0 Å². The van der Waals surface area contributed by atoms with Crippen LogP contribution < -0.4 is 5.32 Å². The minimum atomic E-state index is -0.671. The van der Waals surface area contributed by atoms with Crippen LogP contribution in [0.2, 0.25) is 0 Å². The molecule has 0 atom stereocenters. The SMILES string of the molecule is Cc1c(NCC2(O)CCCCC2)cccc1[N+](=O)[O-]. The number of rotatable bonds is 4. The highest BCUT2D eigenvalue weighted by atomic mass is 16.6. The lowest BCUT2D eigenvalue weighted by atomic mass is 9.85. The van der Waals surface area contributed by atoms with E-state index in [4.69, 9.17) is 0 Å². The van der Waals surface area contributed by atoms with Crippen molar-refractivity contribution in [3.8, 4) is 0 Å². The van der Waals surface area contributed by atoms with Gasteiger partial charge in [0.05, 0.1) is 10.5 Å². The fraction of sp³-hybridized carbons (Fsp3) is 0.571. The smallest absolute Gasteiger partial charge is 0.274 e. The Balaban J connectivity index is 2.07. The molecule has 1 aromatic carbocycles. The molecule has 0 unspecified atom stereocenters. The molecule has 2 N–H and O–H groups in total. The van der Waals surface area contributed by atoms with Crippen LogP contribution in [0.25, 0.3) is 0 Å². The molecule has 0 amide bonds. The van der Waals surface area contributed by atoms with Crippen molar-refractivity contribution >= 4 is 11.4 Å². The lowest BCUT2D eigenvalue weighted by molar-refractivity contribution is -0.385. The Morgan fingerprint density at radius 1 is 1.37 bits per heavy atom. The molecule has 0 aliphatic heterocycles. The number of nitro benzene ring substituents is 1. The molecule has 0 saturated heterocycles. The Labute approximate surface area is 112 Å². The number of nitrogens with zero attached hydrogens (tertiary/aromatic N) is 1. The normalized spacial score (nSPS) is 18.0. The molecule has 0 spiro atoms. The van der Waals surface area contributed by atoms with Crippen molar-refractivity contribution in [2.45, 2.75) is 44.6 Å². The second kappa shape index (κ2) is 5.57. The lowest BCUT2D eigenvalue weighted by Crippen LogP contribution is -2.38. The summed E-state index contributed by atoms with van der Waals surface area (Å²) < 4.78 is 0. The molecular formula is C14H20N2O3. The van der Waals surface area contributed by atoms with Crippen molar-refractivity contribution in [2.75, 3.05) is 11.9 Å². The Bertz CT molecular complexity index is 468. The molecule has 0 radical (unpaired) electrons. The van der Waals surface area contributed by atoms with Crippen molar-refractivity contribution < 1.29 is 10.0 Å². The summed E-state index contributed by atoms with van der Waals surface area (Å²) in [7, 11) is 0. The molecule has 0 bridgehead atoms. The number of hydrogen-bond donors (Lipinski definition) is 2. The van der Waals surface area contributed by atoms with E-state index in [1.165, 1.54) is 12.5 Å². The van der Waals surface area contributed by atoms with Gasteiger partial charge in [0.25, 0.3) is 5.69 Å². The summed E-state index contributed by atoms with van der Waals surface area (Å²) in [6.45, 7) is 2.18. The molecule has 1 fully saturated rings. The van der Waals surface area contributed by atoms with Crippen molar-refractivity contribution in [1.29, 1.82) is 0 Å². The molecule has 0 aromatic heterocycles. The summed E-state index contributed by atoms with van der Waals surface area (Å²) in [5.74, 6) is 0. The van der Waals surface area contributed by atoms with Crippen LogP contribution in [0, 0.1) is 17.0 Å². The third-order valence-corrected chi connectivity index (χ3v) is 3.89. The summed E-state index contributed by atoms with van der Waals surface area (Å²) in [6, 6.07) is 4.97. The van der Waals surface area contributed by atoms with Crippen LogP contribution in [-0.4, -0.2) is 22.2 Å². The number of aliphatic hydroxyl groups is 1. The fourth-order valence-corrected chi connectivity index (χ4v) is 2.66. The van der Waals surface area contributed by atoms with Gasteiger partial charge in [0.15, 0.2) is 0 Å². The Hall–Kier alpha value is -1.62. The van der Waals surface area contributed by atoms with Crippen LogP contribution in [-0.2, 0) is 0 Å². The highest BCUT2D eigenvalue weighted by molar-refractivity contribution is 5.59. The first-order chi connectivity index (χ1) is 9.02. The number of benzene rings is 1. The van der Waals surface area contributed by atoms with Gasteiger partial charge in [-0.3, -0.25) is 10.1 Å². The second-order valence-electron chi connectivity index (χ2n) is 5.35. The Morgan fingerprint density at radius 3 is 2.68 bits per heavy atom. The van der Waals surface area contributed by atoms with E-state index in [2.05, 4.69) is 5.32 Å².